The molecule has 0 aromatic heterocycles. The molecule has 14 heteroatoms. The number of urea groups is 1. The molecule has 3 aromatic carbocycles. The zero-order valence-corrected chi connectivity index (χ0v) is 34.3. The van der Waals surface area contributed by atoms with E-state index in [4.69, 9.17) is 21.2 Å². The fraction of sp³-hybridized carbons (Fsp3) is 0.457. The van der Waals surface area contributed by atoms with Crippen molar-refractivity contribution in [2.75, 3.05) is 63.8 Å². The topological polar surface area (TPSA) is 179 Å². The van der Waals surface area contributed by atoms with Crippen molar-refractivity contribution in [1.82, 2.24) is 25.3 Å². The van der Waals surface area contributed by atoms with Crippen molar-refractivity contribution in [3.05, 3.63) is 95.6 Å². The average Bonchev–Trinajstić information content (AvgIpc) is 3.27. The number of benzene rings is 3. The Bertz CT molecular complexity index is 2080. The van der Waals surface area contributed by atoms with Gasteiger partial charge < -0.3 is 31.3 Å². The molecule has 0 bridgehead atoms. The van der Waals surface area contributed by atoms with Crippen molar-refractivity contribution >= 4 is 41.0 Å². The number of amides is 5. The second-order valence-corrected chi connectivity index (χ2v) is 16.8. The summed E-state index contributed by atoms with van der Waals surface area (Å²) in [6.07, 6.45) is 7.69. The Hall–Kier alpha value is -5.73. The van der Waals surface area contributed by atoms with Gasteiger partial charge in [0.2, 0.25) is 5.91 Å². The van der Waals surface area contributed by atoms with E-state index in [1.165, 1.54) is 4.90 Å². The summed E-state index contributed by atoms with van der Waals surface area (Å²) in [5.74, 6) is 2.06. The number of imide groups is 1. The third kappa shape index (κ3) is 9.66. The Morgan fingerprint density at radius 3 is 2.17 bits per heavy atom. The number of amidine groups is 1. The van der Waals surface area contributed by atoms with Crippen LogP contribution in [0.5, 0.6) is 11.5 Å². The number of aliphatic imine (C=N–C) groups is 1. The Kier molecular flexibility index (Phi) is 12.8. The number of para-hydroxylation sites is 1. The van der Waals surface area contributed by atoms with Crippen LogP contribution in [0, 0.1) is 11.8 Å². The smallest absolute Gasteiger partial charge is 0.328 e. The van der Waals surface area contributed by atoms with Gasteiger partial charge in [-0.3, -0.25) is 34.5 Å². The number of nitrogens with one attached hydrogen (secondary N) is 2. The molecular weight excluding hydrogens is 759 g/mol. The highest BCUT2D eigenvalue weighted by molar-refractivity contribution is 6.25. The second-order valence-electron chi connectivity index (χ2n) is 16.8. The summed E-state index contributed by atoms with van der Waals surface area (Å²) in [5.41, 5.74) is 14.9. The van der Waals surface area contributed by atoms with E-state index in [0.29, 0.717) is 65.1 Å². The summed E-state index contributed by atoms with van der Waals surface area (Å²) in [5, 5.41) is 5.94. The number of likely N-dealkylation sites (tertiary alicyclic amines) is 1. The second kappa shape index (κ2) is 18.7. The lowest BCUT2D eigenvalue weighted by Gasteiger charge is -2.44. The van der Waals surface area contributed by atoms with Gasteiger partial charge >= 0.3 is 6.03 Å². The Balaban J connectivity index is 0.766. The molecule has 5 amide bonds. The summed E-state index contributed by atoms with van der Waals surface area (Å²) in [6.45, 7) is 7.74. The van der Waals surface area contributed by atoms with Crippen molar-refractivity contribution in [3.8, 4) is 11.5 Å². The molecule has 316 valence electrons. The highest BCUT2D eigenvalue weighted by Gasteiger charge is 2.35. The number of rotatable bonds is 11. The lowest BCUT2D eigenvalue weighted by molar-refractivity contribution is -0.120. The number of nitrogens with two attached hydrogens (primary N) is 2. The fourth-order valence-corrected chi connectivity index (χ4v) is 9.63. The van der Waals surface area contributed by atoms with Crippen LogP contribution in [0.4, 0.5) is 10.5 Å². The molecule has 0 spiro atoms. The fourth-order valence-electron chi connectivity index (χ4n) is 9.63. The quantitative estimate of drug-likeness (QED) is 0.202. The van der Waals surface area contributed by atoms with Gasteiger partial charge in [0.1, 0.15) is 22.9 Å². The molecule has 0 unspecified atom stereocenters. The summed E-state index contributed by atoms with van der Waals surface area (Å²) in [7, 11) is 0. The molecular formula is C46H57N9O5. The van der Waals surface area contributed by atoms with E-state index < -0.39 is 11.9 Å². The van der Waals surface area contributed by atoms with Crippen LogP contribution in [-0.2, 0) is 9.59 Å². The highest BCUT2D eigenvalue weighted by Crippen LogP contribution is 2.33. The van der Waals surface area contributed by atoms with Crippen LogP contribution in [0.1, 0.15) is 67.3 Å². The van der Waals surface area contributed by atoms with Crippen molar-refractivity contribution in [3.63, 3.8) is 0 Å². The van der Waals surface area contributed by atoms with Gasteiger partial charge in [0.05, 0.1) is 5.70 Å². The number of carbonyl (C=O) groups is 4. The van der Waals surface area contributed by atoms with Crippen LogP contribution in [0.25, 0.3) is 5.70 Å². The minimum absolute atomic E-state index is 0.00953. The summed E-state index contributed by atoms with van der Waals surface area (Å²) >= 11 is 0. The molecule has 4 heterocycles. The SMILES string of the molecule is NC(=O)C(C1=NCC[C@@H](C2CCC(N3CCN(CC4CCN(C(=O)c5cccc(N6CCC(=O)NC6=O)c5)CC4)CC3)CC2)N1)=C(N)c1ccc(Oc2ccccc2)cc1. The Morgan fingerprint density at radius 1 is 0.750 bits per heavy atom. The van der Waals surface area contributed by atoms with E-state index in [0.717, 1.165) is 96.5 Å². The molecule has 3 saturated heterocycles. The van der Waals surface area contributed by atoms with E-state index >= 15 is 0 Å². The van der Waals surface area contributed by atoms with Crippen LogP contribution in [0.15, 0.2) is 89.4 Å². The Labute approximate surface area is 352 Å². The first-order valence-corrected chi connectivity index (χ1v) is 21.6. The van der Waals surface area contributed by atoms with Crippen molar-refractivity contribution in [2.45, 2.75) is 63.5 Å². The number of nitrogens with zero attached hydrogens (tertiary/aromatic N) is 5. The monoisotopic (exact) mass is 815 g/mol. The number of anilines is 1. The van der Waals surface area contributed by atoms with Crippen LogP contribution in [-0.4, -0.2) is 115 Å². The number of hydrogen-bond acceptors (Lipinski definition) is 10. The lowest BCUT2D eigenvalue weighted by atomic mass is 9.79. The number of piperidine rings is 1. The van der Waals surface area contributed by atoms with E-state index in [1.807, 2.05) is 59.5 Å². The molecule has 3 aromatic rings. The van der Waals surface area contributed by atoms with Gasteiger partial charge in [0.15, 0.2) is 0 Å². The third-order valence-electron chi connectivity index (χ3n) is 13.0. The normalized spacial score (nSPS) is 23.9. The van der Waals surface area contributed by atoms with Crippen molar-refractivity contribution in [1.29, 1.82) is 0 Å². The number of ether oxygens (including phenoxy) is 1. The van der Waals surface area contributed by atoms with Gasteiger partial charge in [-0.05, 0) is 117 Å². The lowest BCUT2D eigenvalue weighted by Crippen LogP contribution is -2.53. The van der Waals surface area contributed by atoms with Gasteiger partial charge in [-0.2, -0.15) is 0 Å². The molecule has 6 N–H and O–H groups in total. The first-order chi connectivity index (χ1) is 29.2. The maximum absolute atomic E-state index is 13.5. The summed E-state index contributed by atoms with van der Waals surface area (Å²) in [6, 6.07) is 24.4. The first kappa shape index (κ1) is 41.0. The number of primary amides is 1. The highest BCUT2D eigenvalue weighted by atomic mass is 16.5. The van der Waals surface area contributed by atoms with Crippen LogP contribution < -0.4 is 31.7 Å². The van der Waals surface area contributed by atoms with Gasteiger partial charge in [-0.15, -0.1) is 0 Å². The summed E-state index contributed by atoms with van der Waals surface area (Å²) in [4.78, 5) is 63.6. The zero-order chi connectivity index (χ0) is 41.6. The molecule has 1 saturated carbocycles. The number of piperazine rings is 1. The van der Waals surface area contributed by atoms with Gasteiger partial charge in [-0.1, -0.05) is 24.3 Å². The van der Waals surface area contributed by atoms with E-state index in [1.54, 1.807) is 24.3 Å². The predicted molar refractivity (Wildman–Crippen MR) is 231 cm³/mol. The zero-order valence-electron chi connectivity index (χ0n) is 34.3. The molecule has 1 aliphatic carbocycles. The number of carbonyl (C=O) groups excluding carboxylic acids is 4. The molecule has 14 nitrogen and oxygen atoms in total. The van der Waals surface area contributed by atoms with E-state index in [2.05, 4.69) is 20.4 Å². The van der Waals surface area contributed by atoms with E-state index in [9.17, 15) is 19.2 Å². The molecule has 5 aliphatic rings. The molecule has 0 radical (unpaired) electrons. The largest absolute Gasteiger partial charge is 0.457 e. The van der Waals surface area contributed by atoms with Gasteiger partial charge in [-0.25, -0.2) is 4.79 Å². The van der Waals surface area contributed by atoms with Crippen molar-refractivity contribution in [2.24, 2.45) is 28.3 Å². The predicted octanol–water partition coefficient (Wildman–Crippen LogP) is 4.57. The van der Waals surface area contributed by atoms with Gasteiger partial charge in [0, 0.05) is 88.7 Å². The summed E-state index contributed by atoms with van der Waals surface area (Å²) < 4.78 is 5.92. The van der Waals surface area contributed by atoms with Crippen LogP contribution >= 0.6 is 0 Å². The van der Waals surface area contributed by atoms with E-state index in [-0.39, 0.29) is 29.9 Å². The maximum atomic E-state index is 13.5. The first-order valence-electron chi connectivity index (χ1n) is 21.6. The number of hydrogen-bond donors (Lipinski definition) is 4. The Morgan fingerprint density at radius 2 is 1.47 bits per heavy atom. The average molecular weight is 816 g/mol. The standard InChI is InChI=1S/C46H57N9O5/c47-42(33-11-15-38(16-12-33)60-37-7-2-1-3-8-37)41(43(48)57)44-49-21-17-39(50-44)32-9-13-35(14-10-32)53-27-25-52(26-28-53)30-31-18-22-54(23-19-31)45(58)34-5-4-6-36(29-34)55-24-20-40(56)51-46(55)59/h1-8,11-12,15-16,29,31-32,35,39H,9-10,13-14,17-28,30,47H2,(H2,48,57)(H,49,50)(H,51,56,59)/t32?,35?,39-/m0/s1. The third-order valence-corrected chi connectivity index (χ3v) is 13.0. The van der Waals surface area contributed by atoms with Gasteiger partial charge in [0.25, 0.3) is 11.8 Å². The minimum atomic E-state index is -0.599. The van der Waals surface area contributed by atoms with Crippen LogP contribution in [0.2, 0.25) is 0 Å². The molecule has 4 fully saturated rings. The van der Waals surface area contributed by atoms with Crippen LogP contribution in [0.3, 0.4) is 0 Å². The molecule has 4 aliphatic heterocycles. The minimum Gasteiger partial charge on any atom is -0.457 e. The molecule has 1 atom stereocenters. The maximum Gasteiger partial charge on any atom is 0.328 e. The molecule has 60 heavy (non-hydrogen) atoms. The van der Waals surface area contributed by atoms with Crippen molar-refractivity contribution < 1.29 is 23.9 Å². The molecule has 8 rings (SSSR count).